The first-order chi connectivity index (χ1) is 7.34. The second-order valence-corrected chi connectivity index (χ2v) is 4.20. The number of halogens is 1. The van der Waals surface area contributed by atoms with Crippen LogP contribution in [-0.2, 0) is 0 Å². The topological polar surface area (TPSA) is 42.2 Å². The molecule has 1 atom stereocenters. The first-order valence-corrected chi connectivity index (χ1v) is 5.41. The molecule has 78 valence electrons. The Bertz CT molecular complexity index is 487. The van der Waals surface area contributed by atoms with Crippen molar-refractivity contribution in [3.63, 3.8) is 0 Å². The molecule has 1 aliphatic heterocycles. The third kappa shape index (κ3) is 1.50. The van der Waals surface area contributed by atoms with Crippen LogP contribution in [0.3, 0.4) is 0 Å². The van der Waals surface area contributed by atoms with E-state index in [-0.39, 0.29) is 0 Å². The maximum atomic E-state index is 5.88. The number of nitrogens with zero attached hydrogens (tertiary/aromatic N) is 3. The van der Waals surface area contributed by atoms with Crippen LogP contribution >= 0.6 is 11.6 Å². The molecule has 0 radical (unpaired) electrons. The molecule has 3 rings (SSSR count). The van der Waals surface area contributed by atoms with Crippen molar-refractivity contribution in [2.45, 2.75) is 12.3 Å². The van der Waals surface area contributed by atoms with Gasteiger partial charge in [-0.25, -0.2) is 9.97 Å². The van der Waals surface area contributed by atoms with Crippen molar-refractivity contribution in [2.24, 2.45) is 0 Å². The Morgan fingerprint density at radius 3 is 3.13 bits per heavy atom. The molecule has 15 heavy (non-hydrogen) atoms. The molecule has 0 bridgehead atoms. The van der Waals surface area contributed by atoms with Gasteiger partial charge in [-0.05, 0) is 13.0 Å². The minimum absolute atomic E-state index is 0.507. The lowest BCUT2D eigenvalue weighted by atomic mass is 10.1. The zero-order chi connectivity index (χ0) is 10.3. The van der Waals surface area contributed by atoms with E-state index in [4.69, 9.17) is 11.6 Å². The molecule has 4 nitrogen and oxygen atoms in total. The van der Waals surface area contributed by atoms with Crippen LogP contribution in [0, 0.1) is 0 Å². The monoisotopic (exact) mass is 222 g/mol. The molecule has 5 heteroatoms. The zero-order valence-corrected chi connectivity index (χ0v) is 8.91. The minimum Gasteiger partial charge on any atom is -0.316 e. The summed E-state index contributed by atoms with van der Waals surface area (Å²) in [5.41, 5.74) is 2.08. The van der Waals surface area contributed by atoms with Crippen molar-refractivity contribution >= 4 is 17.2 Å². The average Bonchev–Trinajstić information content (AvgIpc) is 2.83. The summed E-state index contributed by atoms with van der Waals surface area (Å²) in [6.45, 7) is 2.10. The summed E-state index contributed by atoms with van der Waals surface area (Å²) in [5.74, 6) is 0.540. The molecule has 0 aliphatic carbocycles. The summed E-state index contributed by atoms with van der Waals surface area (Å²) in [6.07, 6.45) is 6.62. The van der Waals surface area contributed by atoms with Gasteiger partial charge in [-0.3, -0.25) is 4.40 Å². The average molecular weight is 223 g/mol. The van der Waals surface area contributed by atoms with Gasteiger partial charge < -0.3 is 5.32 Å². The number of aromatic nitrogens is 3. The van der Waals surface area contributed by atoms with Gasteiger partial charge in [0.05, 0.1) is 6.20 Å². The molecule has 1 saturated heterocycles. The molecule has 0 amide bonds. The van der Waals surface area contributed by atoms with Crippen molar-refractivity contribution in [3.05, 3.63) is 29.4 Å². The number of hydrogen-bond acceptors (Lipinski definition) is 3. The van der Waals surface area contributed by atoms with Crippen LogP contribution in [0.2, 0.25) is 5.15 Å². The first kappa shape index (κ1) is 9.12. The second kappa shape index (κ2) is 3.47. The van der Waals surface area contributed by atoms with Crippen molar-refractivity contribution in [3.8, 4) is 0 Å². The Kier molecular flexibility index (Phi) is 2.11. The van der Waals surface area contributed by atoms with Gasteiger partial charge in [0.2, 0.25) is 0 Å². The lowest BCUT2D eigenvalue weighted by Gasteiger charge is -2.07. The van der Waals surface area contributed by atoms with Gasteiger partial charge in [0.25, 0.3) is 0 Å². The molecule has 0 spiro atoms. The van der Waals surface area contributed by atoms with Crippen molar-refractivity contribution in [1.29, 1.82) is 0 Å². The highest BCUT2D eigenvalue weighted by molar-refractivity contribution is 6.29. The van der Waals surface area contributed by atoms with E-state index in [9.17, 15) is 0 Å². The van der Waals surface area contributed by atoms with Crippen molar-refractivity contribution in [2.75, 3.05) is 13.1 Å². The van der Waals surface area contributed by atoms with E-state index in [1.807, 2.05) is 16.8 Å². The summed E-state index contributed by atoms with van der Waals surface area (Å²) in [5, 5.41) is 3.86. The fraction of sp³-hybridized carbons (Fsp3) is 0.400. The van der Waals surface area contributed by atoms with Gasteiger partial charge in [-0.2, -0.15) is 0 Å². The Morgan fingerprint density at radius 1 is 1.40 bits per heavy atom. The highest BCUT2D eigenvalue weighted by Crippen LogP contribution is 2.23. The maximum absolute atomic E-state index is 5.88. The minimum atomic E-state index is 0.507. The van der Waals surface area contributed by atoms with Crippen LogP contribution in [-0.4, -0.2) is 27.5 Å². The molecule has 2 aromatic rings. The molecule has 0 aromatic carbocycles. The van der Waals surface area contributed by atoms with Gasteiger partial charge in [0, 0.05) is 30.6 Å². The quantitative estimate of drug-likeness (QED) is 0.795. The van der Waals surface area contributed by atoms with E-state index in [0.29, 0.717) is 11.1 Å². The molecule has 0 saturated carbocycles. The Hall–Kier alpha value is -1.13. The molecule has 2 aromatic heterocycles. The fourth-order valence-corrected chi connectivity index (χ4v) is 2.24. The van der Waals surface area contributed by atoms with Gasteiger partial charge in [0.1, 0.15) is 5.15 Å². The number of hydrogen-bond donors (Lipinski definition) is 1. The molecule has 1 fully saturated rings. The summed E-state index contributed by atoms with van der Waals surface area (Å²) in [7, 11) is 0. The highest BCUT2D eigenvalue weighted by atomic mass is 35.5. The standard InChI is InChI=1S/C10H11ClN4/c11-9-6-15-8(7-1-2-12-3-7)4-14-10(15)5-13-9/h4-7,12H,1-3H2. The Morgan fingerprint density at radius 2 is 2.33 bits per heavy atom. The largest absolute Gasteiger partial charge is 0.316 e. The summed E-state index contributed by atoms with van der Waals surface area (Å²) in [4.78, 5) is 8.33. The molecule has 1 unspecified atom stereocenters. The van der Waals surface area contributed by atoms with Crippen LogP contribution in [0.1, 0.15) is 18.0 Å². The lowest BCUT2D eigenvalue weighted by molar-refractivity contribution is 0.725. The van der Waals surface area contributed by atoms with E-state index in [0.717, 1.165) is 25.2 Å². The number of fused-ring (bicyclic) bond motifs is 1. The summed E-state index contributed by atoms with van der Waals surface area (Å²) in [6, 6.07) is 0. The normalized spacial score (nSPS) is 21.3. The van der Waals surface area contributed by atoms with Gasteiger partial charge in [0.15, 0.2) is 5.65 Å². The number of imidazole rings is 1. The first-order valence-electron chi connectivity index (χ1n) is 5.04. The number of rotatable bonds is 1. The summed E-state index contributed by atoms with van der Waals surface area (Å²) < 4.78 is 2.03. The second-order valence-electron chi connectivity index (χ2n) is 3.81. The Balaban J connectivity index is 2.13. The van der Waals surface area contributed by atoms with E-state index < -0.39 is 0 Å². The fourth-order valence-electron chi connectivity index (χ4n) is 2.09. The van der Waals surface area contributed by atoms with Crippen molar-refractivity contribution in [1.82, 2.24) is 19.7 Å². The lowest BCUT2D eigenvalue weighted by Crippen LogP contribution is -2.09. The third-order valence-corrected chi connectivity index (χ3v) is 3.07. The van der Waals surface area contributed by atoms with E-state index in [2.05, 4.69) is 15.3 Å². The van der Waals surface area contributed by atoms with Crippen LogP contribution in [0.25, 0.3) is 5.65 Å². The predicted octanol–water partition coefficient (Wildman–Crippen LogP) is 1.46. The van der Waals surface area contributed by atoms with Gasteiger partial charge in [-0.1, -0.05) is 11.6 Å². The van der Waals surface area contributed by atoms with Crippen molar-refractivity contribution < 1.29 is 0 Å². The SMILES string of the molecule is Clc1cn2c(C3CCNC3)cnc2cn1. The molecule has 3 heterocycles. The molecule has 1 N–H and O–H groups in total. The molecular formula is C10H11ClN4. The van der Waals surface area contributed by atoms with Gasteiger partial charge in [-0.15, -0.1) is 0 Å². The van der Waals surface area contributed by atoms with E-state index in [1.165, 1.54) is 5.69 Å². The Labute approximate surface area is 92.3 Å². The molecule has 1 aliphatic rings. The zero-order valence-electron chi connectivity index (χ0n) is 8.15. The molecular weight excluding hydrogens is 212 g/mol. The van der Waals surface area contributed by atoms with Crippen LogP contribution in [0.4, 0.5) is 0 Å². The van der Waals surface area contributed by atoms with E-state index in [1.54, 1.807) is 6.20 Å². The maximum Gasteiger partial charge on any atom is 0.155 e. The smallest absolute Gasteiger partial charge is 0.155 e. The van der Waals surface area contributed by atoms with Crippen LogP contribution in [0.5, 0.6) is 0 Å². The summed E-state index contributed by atoms with van der Waals surface area (Å²) >= 11 is 5.88. The highest BCUT2D eigenvalue weighted by Gasteiger charge is 2.20. The van der Waals surface area contributed by atoms with Crippen LogP contribution in [0.15, 0.2) is 18.6 Å². The predicted molar refractivity (Wildman–Crippen MR) is 58.2 cm³/mol. The number of nitrogens with one attached hydrogen (secondary N) is 1. The van der Waals surface area contributed by atoms with E-state index >= 15 is 0 Å². The van der Waals surface area contributed by atoms with Crippen LogP contribution < -0.4 is 5.32 Å². The van der Waals surface area contributed by atoms with Gasteiger partial charge >= 0.3 is 0 Å². The third-order valence-electron chi connectivity index (χ3n) is 2.87.